The smallest absolute Gasteiger partial charge is 0.319 e. The molecule has 2 aliphatic heterocycles. The number of piperazine rings is 1. The van der Waals surface area contributed by atoms with E-state index in [2.05, 4.69) is 50.8 Å². The molecule has 7 nitrogen and oxygen atoms in total. The van der Waals surface area contributed by atoms with Crippen molar-refractivity contribution in [3.05, 3.63) is 54.1 Å². The summed E-state index contributed by atoms with van der Waals surface area (Å²) in [6, 6.07) is 15.8. The summed E-state index contributed by atoms with van der Waals surface area (Å²) < 4.78 is 11.0. The Bertz CT molecular complexity index is 807. The molecule has 0 radical (unpaired) electrons. The third kappa shape index (κ3) is 5.62. The van der Waals surface area contributed by atoms with Crippen molar-refractivity contribution >= 4 is 11.7 Å². The number of carbonyl (C=O) groups excluding carboxylic acids is 1. The summed E-state index contributed by atoms with van der Waals surface area (Å²) in [6.07, 6.45) is 0. The Labute approximate surface area is 171 Å². The van der Waals surface area contributed by atoms with Crippen LogP contribution in [0.1, 0.15) is 5.56 Å². The van der Waals surface area contributed by atoms with Gasteiger partial charge in [-0.1, -0.05) is 30.3 Å². The van der Waals surface area contributed by atoms with Crippen LogP contribution in [0.2, 0.25) is 0 Å². The maximum Gasteiger partial charge on any atom is 0.319 e. The number of rotatable bonds is 6. The highest BCUT2D eigenvalue weighted by Crippen LogP contribution is 2.32. The molecule has 7 heteroatoms. The van der Waals surface area contributed by atoms with E-state index in [1.807, 2.05) is 12.1 Å². The second-order valence-electron chi connectivity index (χ2n) is 7.34. The molecule has 2 heterocycles. The Hall–Kier alpha value is -2.77. The predicted molar refractivity (Wildman–Crippen MR) is 113 cm³/mol. The minimum atomic E-state index is -0.204. The largest absolute Gasteiger partial charge is 0.486 e. The topological polar surface area (TPSA) is 66.1 Å². The molecular weight excluding hydrogens is 368 g/mol. The van der Waals surface area contributed by atoms with E-state index >= 15 is 0 Å². The van der Waals surface area contributed by atoms with Crippen molar-refractivity contribution < 1.29 is 14.3 Å². The molecule has 2 aliphatic rings. The fourth-order valence-corrected chi connectivity index (χ4v) is 3.64. The zero-order valence-corrected chi connectivity index (χ0v) is 16.6. The van der Waals surface area contributed by atoms with Crippen LogP contribution in [0.4, 0.5) is 10.5 Å². The number of nitrogens with zero attached hydrogens (tertiary/aromatic N) is 2. The summed E-state index contributed by atoms with van der Waals surface area (Å²) in [4.78, 5) is 17.0. The van der Waals surface area contributed by atoms with E-state index in [1.165, 1.54) is 5.56 Å². The van der Waals surface area contributed by atoms with Crippen molar-refractivity contribution in [1.82, 2.24) is 15.1 Å². The molecular formula is C22H28N4O3. The molecule has 2 amide bonds. The highest BCUT2D eigenvalue weighted by Gasteiger charge is 2.17. The Balaban J connectivity index is 1.14. The van der Waals surface area contributed by atoms with Crippen molar-refractivity contribution in [3.63, 3.8) is 0 Å². The van der Waals surface area contributed by atoms with Crippen LogP contribution in [-0.4, -0.2) is 68.3 Å². The average molecular weight is 396 g/mol. The zero-order chi connectivity index (χ0) is 19.9. The lowest BCUT2D eigenvalue weighted by molar-refractivity contribution is 0.128. The monoisotopic (exact) mass is 396 g/mol. The number of hydrogen-bond acceptors (Lipinski definition) is 5. The molecule has 0 unspecified atom stereocenters. The van der Waals surface area contributed by atoms with Gasteiger partial charge in [-0.3, -0.25) is 9.80 Å². The van der Waals surface area contributed by atoms with Gasteiger partial charge in [0.15, 0.2) is 11.5 Å². The molecule has 2 aromatic rings. The van der Waals surface area contributed by atoms with Crippen molar-refractivity contribution in [2.75, 3.05) is 57.8 Å². The maximum atomic E-state index is 12.2. The number of benzene rings is 2. The minimum absolute atomic E-state index is 0.204. The van der Waals surface area contributed by atoms with Crippen LogP contribution in [0.3, 0.4) is 0 Å². The van der Waals surface area contributed by atoms with Crippen molar-refractivity contribution in [2.24, 2.45) is 0 Å². The summed E-state index contributed by atoms with van der Waals surface area (Å²) in [5.41, 5.74) is 2.06. The molecule has 0 saturated carbocycles. The van der Waals surface area contributed by atoms with Gasteiger partial charge in [-0.25, -0.2) is 4.79 Å². The molecule has 0 atom stereocenters. The molecule has 2 N–H and O–H groups in total. The van der Waals surface area contributed by atoms with Gasteiger partial charge in [-0.05, 0) is 17.7 Å². The number of carbonyl (C=O) groups is 1. The van der Waals surface area contributed by atoms with Gasteiger partial charge in [-0.15, -0.1) is 0 Å². The first kappa shape index (κ1) is 19.5. The van der Waals surface area contributed by atoms with E-state index in [9.17, 15) is 4.79 Å². The number of ether oxygens (including phenoxy) is 2. The number of anilines is 1. The molecule has 2 aromatic carbocycles. The van der Waals surface area contributed by atoms with E-state index in [1.54, 1.807) is 6.07 Å². The Morgan fingerprint density at radius 3 is 2.41 bits per heavy atom. The Kier molecular flexibility index (Phi) is 6.49. The van der Waals surface area contributed by atoms with E-state index in [0.29, 0.717) is 36.9 Å². The van der Waals surface area contributed by atoms with E-state index < -0.39 is 0 Å². The molecule has 154 valence electrons. The highest BCUT2D eigenvalue weighted by molar-refractivity contribution is 5.89. The van der Waals surface area contributed by atoms with Gasteiger partial charge in [0, 0.05) is 57.6 Å². The number of hydrogen-bond donors (Lipinski definition) is 2. The van der Waals surface area contributed by atoms with Crippen LogP contribution in [0.15, 0.2) is 48.5 Å². The van der Waals surface area contributed by atoms with Crippen LogP contribution >= 0.6 is 0 Å². The maximum absolute atomic E-state index is 12.2. The lowest BCUT2D eigenvalue weighted by Crippen LogP contribution is -2.48. The van der Waals surface area contributed by atoms with Gasteiger partial charge >= 0.3 is 6.03 Å². The van der Waals surface area contributed by atoms with E-state index in [-0.39, 0.29) is 6.03 Å². The third-order valence-electron chi connectivity index (χ3n) is 5.23. The number of amides is 2. The molecule has 0 bridgehead atoms. The standard InChI is InChI=1S/C22H28N4O3/c27-22(24-19-6-7-20-21(16-19)29-15-14-28-20)23-8-9-25-10-12-26(13-11-25)17-18-4-2-1-3-5-18/h1-7,16H,8-15,17H2,(H2,23,24,27). The van der Waals surface area contributed by atoms with Crippen LogP contribution < -0.4 is 20.1 Å². The van der Waals surface area contributed by atoms with Gasteiger partial charge in [0.05, 0.1) is 0 Å². The second kappa shape index (κ2) is 9.62. The minimum Gasteiger partial charge on any atom is -0.486 e. The lowest BCUT2D eigenvalue weighted by Gasteiger charge is -2.34. The first-order valence-electron chi connectivity index (χ1n) is 10.2. The normalized spacial score (nSPS) is 17.0. The fraction of sp³-hybridized carbons (Fsp3) is 0.409. The molecule has 4 rings (SSSR count). The second-order valence-corrected chi connectivity index (χ2v) is 7.34. The molecule has 1 fully saturated rings. The summed E-state index contributed by atoms with van der Waals surface area (Å²) in [7, 11) is 0. The zero-order valence-electron chi connectivity index (χ0n) is 16.6. The highest BCUT2D eigenvalue weighted by atomic mass is 16.6. The quantitative estimate of drug-likeness (QED) is 0.785. The van der Waals surface area contributed by atoms with Crippen LogP contribution in [-0.2, 0) is 6.54 Å². The van der Waals surface area contributed by atoms with Gasteiger partial charge in [-0.2, -0.15) is 0 Å². The van der Waals surface area contributed by atoms with E-state index in [4.69, 9.17) is 9.47 Å². The van der Waals surface area contributed by atoms with Gasteiger partial charge in [0.25, 0.3) is 0 Å². The first-order valence-corrected chi connectivity index (χ1v) is 10.2. The molecule has 0 spiro atoms. The number of nitrogens with one attached hydrogen (secondary N) is 2. The summed E-state index contributed by atoms with van der Waals surface area (Å²) in [5.74, 6) is 1.39. The number of fused-ring (bicyclic) bond motifs is 1. The average Bonchev–Trinajstić information content (AvgIpc) is 2.76. The SMILES string of the molecule is O=C(NCCN1CCN(Cc2ccccc2)CC1)Nc1ccc2c(c1)OCCO2. The molecule has 1 saturated heterocycles. The fourth-order valence-electron chi connectivity index (χ4n) is 3.64. The lowest BCUT2D eigenvalue weighted by atomic mass is 10.2. The van der Waals surface area contributed by atoms with Gasteiger partial charge < -0.3 is 20.1 Å². The molecule has 0 aliphatic carbocycles. The van der Waals surface area contributed by atoms with Crippen molar-refractivity contribution in [2.45, 2.75) is 6.54 Å². The van der Waals surface area contributed by atoms with Gasteiger partial charge in [0.2, 0.25) is 0 Å². The summed E-state index contributed by atoms with van der Waals surface area (Å²) in [5, 5.41) is 5.78. The van der Waals surface area contributed by atoms with Crippen LogP contribution in [0.5, 0.6) is 11.5 Å². The first-order chi connectivity index (χ1) is 14.3. The molecule has 29 heavy (non-hydrogen) atoms. The summed E-state index contributed by atoms with van der Waals surface area (Å²) >= 11 is 0. The van der Waals surface area contributed by atoms with Gasteiger partial charge in [0.1, 0.15) is 13.2 Å². The van der Waals surface area contributed by atoms with Crippen molar-refractivity contribution in [1.29, 1.82) is 0 Å². The predicted octanol–water partition coefficient (Wildman–Crippen LogP) is 2.40. The Morgan fingerprint density at radius 2 is 1.62 bits per heavy atom. The van der Waals surface area contributed by atoms with Crippen LogP contribution in [0.25, 0.3) is 0 Å². The summed E-state index contributed by atoms with van der Waals surface area (Å²) in [6.45, 7) is 7.73. The Morgan fingerprint density at radius 1 is 0.897 bits per heavy atom. The molecule has 0 aromatic heterocycles. The van der Waals surface area contributed by atoms with Crippen molar-refractivity contribution in [3.8, 4) is 11.5 Å². The number of urea groups is 1. The van der Waals surface area contributed by atoms with E-state index in [0.717, 1.165) is 39.3 Å². The van der Waals surface area contributed by atoms with Crippen LogP contribution in [0, 0.1) is 0 Å². The third-order valence-corrected chi connectivity index (χ3v) is 5.23.